The number of nitrogens with two attached hydrogens (primary N) is 1. The molecule has 0 bridgehead atoms. The maximum atomic E-state index is 6.21. The van der Waals surface area contributed by atoms with Crippen LogP contribution in [0.5, 0.6) is 5.75 Å². The highest BCUT2D eigenvalue weighted by Crippen LogP contribution is 2.33. The Balaban J connectivity index is 3.08. The second kappa shape index (κ2) is 7.89. The van der Waals surface area contributed by atoms with Gasteiger partial charge in [-0.15, -0.1) is 0 Å². The molecule has 19 heavy (non-hydrogen) atoms. The number of hydrogen-bond acceptors (Lipinski definition) is 4. The van der Waals surface area contributed by atoms with Gasteiger partial charge in [0.15, 0.2) is 0 Å². The predicted molar refractivity (Wildman–Crippen MR) is 81.0 cm³/mol. The van der Waals surface area contributed by atoms with E-state index in [1.165, 1.54) is 0 Å². The lowest BCUT2D eigenvalue weighted by molar-refractivity contribution is 0.202. The molecule has 0 atom stereocenters. The monoisotopic (exact) mass is 266 g/mol. The lowest BCUT2D eigenvalue weighted by Crippen LogP contribution is -2.37. The van der Waals surface area contributed by atoms with Crippen molar-refractivity contribution in [3.63, 3.8) is 0 Å². The average molecular weight is 266 g/mol. The van der Waals surface area contributed by atoms with Gasteiger partial charge in [-0.1, -0.05) is 19.9 Å². The van der Waals surface area contributed by atoms with Crippen LogP contribution in [0.2, 0.25) is 0 Å². The number of nitrogens with zero attached hydrogens (tertiary/aromatic N) is 1. The van der Waals surface area contributed by atoms with Gasteiger partial charge in [-0.05, 0) is 25.0 Å². The van der Waals surface area contributed by atoms with Crippen molar-refractivity contribution in [2.45, 2.75) is 32.7 Å². The SMILES string of the molecule is CCC(CC)N(CCOC)c1cccc(OC)c1N. The summed E-state index contributed by atoms with van der Waals surface area (Å²) >= 11 is 0. The fraction of sp³-hybridized carbons (Fsp3) is 0.600. The number of rotatable bonds is 8. The minimum absolute atomic E-state index is 0.463. The molecule has 0 radical (unpaired) electrons. The molecule has 0 saturated heterocycles. The van der Waals surface area contributed by atoms with Crippen molar-refractivity contribution in [1.82, 2.24) is 0 Å². The number of ether oxygens (including phenoxy) is 2. The Kier molecular flexibility index (Phi) is 6.50. The van der Waals surface area contributed by atoms with E-state index in [0.29, 0.717) is 18.3 Å². The molecule has 0 aliphatic rings. The molecule has 0 amide bonds. The van der Waals surface area contributed by atoms with E-state index < -0.39 is 0 Å². The van der Waals surface area contributed by atoms with Gasteiger partial charge in [0.25, 0.3) is 0 Å². The Bertz CT molecular complexity index is 378. The van der Waals surface area contributed by atoms with Crippen molar-refractivity contribution < 1.29 is 9.47 Å². The number of nitrogen functional groups attached to an aromatic ring is 1. The number of benzene rings is 1. The zero-order chi connectivity index (χ0) is 14.3. The van der Waals surface area contributed by atoms with Crippen LogP contribution in [0.4, 0.5) is 11.4 Å². The van der Waals surface area contributed by atoms with Crippen LogP contribution in [-0.4, -0.2) is 33.4 Å². The summed E-state index contributed by atoms with van der Waals surface area (Å²) < 4.78 is 10.5. The first kappa shape index (κ1) is 15.6. The van der Waals surface area contributed by atoms with Crippen LogP contribution in [0, 0.1) is 0 Å². The number of anilines is 2. The van der Waals surface area contributed by atoms with Crippen LogP contribution >= 0.6 is 0 Å². The molecule has 1 rings (SSSR count). The van der Waals surface area contributed by atoms with Gasteiger partial charge in [-0.3, -0.25) is 0 Å². The molecule has 0 aromatic heterocycles. The van der Waals surface area contributed by atoms with Crippen LogP contribution in [-0.2, 0) is 4.74 Å². The van der Waals surface area contributed by atoms with E-state index in [4.69, 9.17) is 15.2 Å². The van der Waals surface area contributed by atoms with Gasteiger partial charge in [0, 0.05) is 19.7 Å². The zero-order valence-electron chi connectivity index (χ0n) is 12.5. The van der Waals surface area contributed by atoms with Crippen molar-refractivity contribution >= 4 is 11.4 Å². The summed E-state index contributed by atoms with van der Waals surface area (Å²) in [5.41, 5.74) is 7.94. The summed E-state index contributed by atoms with van der Waals surface area (Å²) in [5.74, 6) is 0.728. The van der Waals surface area contributed by atoms with Crippen LogP contribution in [0.3, 0.4) is 0 Å². The lowest BCUT2D eigenvalue weighted by Gasteiger charge is -2.33. The summed E-state index contributed by atoms with van der Waals surface area (Å²) in [6.45, 7) is 5.92. The third-order valence-electron chi connectivity index (χ3n) is 3.49. The third-order valence-corrected chi connectivity index (χ3v) is 3.49. The molecule has 4 heteroatoms. The smallest absolute Gasteiger partial charge is 0.143 e. The van der Waals surface area contributed by atoms with Gasteiger partial charge in [0.2, 0.25) is 0 Å². The van der Waals surface area contributed by atoms with E-state index >= 15 is 0 Å². The van der Waals surface area contributed by atoms with Gasteiger partial charge in [-0.2, -0.15) is 0 Å². The highest BCUT2D eigenvalue weighted by molar-refractivity contribution is 5.74. The minimum Gasteiger partial charge on any atom is -0.495 e. The van der Waals surface area contributed by atoms with E-state index in [2.05, 4.69) is 18.7 Å². The topological polar surface area (TPSA) is 47.7 Å². The first-order chi connectivity index (χ1) is 9.19. The largest absolute Gasteiger partial charge is 0.495 e. The lowest BCUT2D eigenvalue weighted by atomic mass is 10.1. The van der Waals surface area contributed by atoms with Gasteiger partial charge in [0.1, 0.15) is 5.75 Å². The quantitative estimate of drug-likeness (QED) is 0.735. The second-order valence-corrected chi connectivity index (χ2v) is 4.55. The molecule has 2 N–H and O–H groups in total. The van der Waals surface area contributed by atoms with Crippen molar-refractivity contribution in [3.05, 3.63) is 18.2 Å². The number of hydrogen-bond donors (Lipinski definition) is 1. The maximum Gasteiger partial charge on any atom is 0.143 e. The maximum absolute atomic E-state index is 6.21. The Morgan fingerprint density at radius 2 is 1.89 bits per heavy atom. The molecule has 0 unspecified atom stereocenters. The van der Waals surface area contributed by atoms with Crippen LogP contribution in [0.15, 0.2) is 18.2 Å². The molecule has 1 aromatic carbocycles. The molecule has 0 heterocycles. The molecule has 108 valence electrons. The summed E-state index contributed by atoms with van der Waals surface area (Å²) in [4.78, 5) is 2.32. The second-order valence-electron chi connectivity index (χ2n) is 4.55. The standard InChI is InChI=1S/C15H26N2O2/c1-5-12(6-2)17(10-11-18-3)13-8-7-9-14(19-4)15(13)16/h7-9,12H,5-6,10-11,16H2,1-4H3. The molecular formula is C15H26N2O2. The first-order valence-electron chi connectivity index (χ1n) is 6.87. The van der Waals surface area contributed by atoms with E-state index in [9.17, 15) is 0 Å². The average Bonchev–Trinajstić information content (AvgIpc) is 2.44. The number of methoxy groups -OCH3 is 2. The molecule has 0 aliphatic carbocycles. The van der Waals surface area contributed by atoms with Gasteiger partial charge in [-0.25, -0.2) is 0 Å². The van der Waals surface area contributed by atoms with Crippen molar-refractivity contribution in [2.24, 2.45) is 0 Å². The summed E-state index contributed by atoms with van der Waals surface area (Å²) in [5, 5.41) is 0. The molecule has 4 nitrogen and oxygen atoms in total. The van der Waals surface area contributed by atoms with Crippen molar-refractivity contribution in [2.75, 3.05) is 38.0 Å². The first-order valence-corrected chi connectivity index (χ1v) is 6.87. The molecule has 0 saturated carbocycles. The molecule has 0 spiro atoms. The minimum atomic E-state index is 0.463. The van der Waals surface area contributed by atoms with Crippen LogP contribution in [0.25, 0.3) is 0 Å². The highest BCUT2D eigenvalue weighted by Gasteiger charge is 2.19. The Hall–Kier alpha value is -1.42. The molecule has 0 fully saturated rings. The molecule has 1 aromatic rings. The van der Waals surface area contributed by atoms with Gasteiger partial charge in [0.05, 0.1) is 25.1 Å². The van der Waals surface area contributed by atoms with E-state index in [1.54, 1.807) is 14.2 Å². The summed E-state index contributed by atoms with van der Waals surface area (Å²) in [7, 11) is 3.37. The molecule has 0 aliphatic heterocycles. The van der Waals surface area contributed by atoms with Crippen molar-refractivity contribution in [3.8, 4) is 5.75 Å². The third kappa shape index (κ3) is 3.77. The van der Waals surface area contributed by atoms with Crippen molar-refractivity contribution in [1.29, 1.82) is 0 Å². The fourth-order valence-electron chi connectivity index (χ4n) is 2.38. The summed E-state index contributed by atoms with van der Waals surface area (Å²) in [6.07, 6.45) is 2.16. The Morgan fingerprint density at radius 3 is 2.42 bits per heavy atom. The van der Waals surface area contributed by atoms with E-state index in [-0.39, 0.29) is 0 Å². The zero-order valence-corrected chi connectivity index (χ0v) is 12.5. The van der Waals surface area contributed by atoms with Crippen LogP contribution in [0.1, 0.15) is 26.7 Å². The van der Waals surface area contributed by atoms with Crippen LogP contribution < -0.4 is 15.4 Å². The fourth-order valence-corrected chi connectivity index (χ4v) is 2.38. The summed E-state index contributed by atoms with van der Waals surface area (Å²) in [6, 6.07) is 6.38. The van der Waals surface area contributed by atoms with Gasteiger partial charge < -0.3 is 20.1 Å². The Labute approximate surface area is 116 Å². The Morgan fingerprint density at radius 1 is 1.21 bits per heavy atom. The van der Waals surface area contributed by atoms with E-state index in [1.807, 2.05) is 18.2 Å². The highest BCUT2D eigenvalue weighted by atomic mass is 16.5. The normalized spacial score (nSPS) is 10.8. The van der Waals surface area contributed by atoms with Gasteiger partial charge >= 0.3 is 0 Å². The molecular weight excluding hydrogens is 240 g/mol. The van der Waals surface area contributed by atoms with E-state index in [0.717, 1.165) is 30.8 Å². The number of para-hydroxylation sites is 1. The predicted octanol–water partition coefficient (Wildman–Crippen LogP) is 2.92.